The molecule has 0 aromatic heterocycles. The number of alkyl halides is 1. The maximum absolute atomic E-state index is 16.5. The second-order valence-corrected chi connectivity index (χ2v) is 13.3. The topological polar surface area (TPSA) is 71.0 Å². The van der Waals surface area contributed by atoms with Crippen LogP contribution in [-0.2, 0) is 20.8 Å². The second-order valence-electron chi connectivity index (χ2n) is 13.3. The summed E-state index contributed by atoms with van der Waals surface area (Å²) in [6, 6.07) is 7.66. The van der Waals surface area contributed by atoms with Crippen molar-refractivity contribution in [2.24, 2.45) is 4.99 Å². The number of nitrogens with zero attached hydrogens (tertiary/aromatic N) is 4. The zero-order valence-electron chi connectivity index (χ0n) is 28.6. The minimum absolute atomic E-state index is 0.0637. The number of hydrogen-bond acceptors (Lipinski definition) is 8. The zero-order chi connectivity index (χ0) is 33.3. The summed E-state index contributed by atoms with van der Waals surface area (Å²) < 4.78 is 40.5. The first-order chi connectivity index (χ1) is 22.7. The fraction of sp³-hybridized carbons (Fsp3) is 0.583. The molecule has 47 heavy (non-hydrogen) atoms. The third-order valence-corrected chi connectivity index (χ3v) is 10.4. The van der Waals surface area contributed by atoms with Crippen LogP contribution in [0.2, 0.25) is 0 Å². The molecule has 3 fully saturated rings. The average molecular weight is 654 g/mol. The molecule has 0 bridgehead atoms. The Kier molecular flexibility index (Phi) is 10.1. The van der Waals surface area contributed by atoms with Gasteiger partial charge in [0, 0.05) is 72.2 Å². The van der Waals surface area contributed by atoms with E-state index in [9.17, 15) is 4.39 Å². The van der Waals surface area contributed by atoms with E-state index in [4.69, 9.17) is 19.2 Å². The van der Waals surface area contributed by atoms with Gasteiger partial charge in [-0.05, 0) is 78.7 Å². The fourth-order valence-corrected chi connectivity index (χ4v) is 8.14. The van der Waals surface area contributed by atoms with Crippen LogP contribution in [0.3, 0.4) is 0 Å². The van der Waals surface area contributed by atoms with Gasteiger partial charge in [-0.25, -0.2) is 8.78 Å². The lowest BCUT2D eigenvalue weighted by molar-refractivity contribution is -0.178. The molecule has 3 saturated heterocycles. The number of ether oxygens (including phenoxy) is 2. The van der Waals surface area contributed by atoms with Crippen LogP contribution in [0.5, 0.6) is 5.75 Å². The van der Waals surface area contributed by atoms with Crippen molar-refractivity contribution in [3.8, 4) is 5.75 Å². The van der Waals surface area contributed by atoms with Crippen molar-refractivity contribution in [3.63, 3.8) is 0 Å². The van der Waals surface area contributed by atoms with Crippen molar-refractivity contribution in [2.45, 2.75) is 62.8 Å². The Morgan fingerprint density at radius 1 is 1.19 bits per heavy atom. The highest BCUT2D eigenvalue weighted by Gasteiger charge is 2.48. The summed E-state index contributed by atoms with van der Waals surface area (Å²) in [7, 11) is 8.62. The highest BCUT2D eigenvalue weighted by Crippen LogP contribution is 2.46. The van der Waals surface area contributed by atoms with Gasteiger partial charge in [0.25, 0.3) is 0 Å². The number of nitrogens with one attached hydrogen (secondary N) is 1. The van der Waals surface area contributed by atoms with Gasteiger partial charge in [-0.1, -0.05) is 12.1 Å². The normalized spacial score (nSPS) is 27.6. The van der Waals surface area contributed by atoms with E-state index in [2.05, 4.69) is 39.2 Å². The van der Waals surface area contributed by atoms with Gasteiger partial charge < -0.3 is 29.5 Å². The Hall–Kier alpha value is -3.25. The van der Waals surface area contributed by atoms with Crippen LogP contribution < -0.4 is 10.2 Å². The molecule has 0 spiro atoms. The first kappa shape index (κ1) is 33.6. The minimum Gasteiger partial charge on any atom is -0.385 e. The molecule has 0 radical (unpaired) electrons. The van der Waals surface area contributed by atoms with Crippen molar-refractivity contribution in [1.82, 2.24) is 20.0 Å². The molecule has 2 aromatic rings. The van der Waals surface area contributed by atoms with Gasteiger partial charge in [0.15, 0.2) is 11.6 Å². The predicted octanol–water partition coefficient (Wildman–Crippen LogP) is 5.30. The smallest absolute Gasteiger partial charge is 0.166 e. The first-order valence-corrected chi connectivity index (χ1v) is 16.8. The van der Waals surface area contributed by atoms with E-state index in [-0.39, 0.29) is 17.4 Å². The van der Waals surface area contributed by atoms with Crippen molar-refractivity contribution < 1.29 is 28.0 Å². The predicted molar refractivity (Wildman–Crippen MR) is 180 cm³/mol. The van der Waals surface area contributed by atoms with E-state index in [1.807, 2.05) is 30.3 Å². The summed E-state index contributed by atoms with van der Waals surface area (Å²) in [5.74, 6) is 1.06. The number of fused-ring (bicyclic) bond motifs is 4. The van der Waals surface area contributed by atoms with Gasteiger partial charge in [0.1, 0.15) is 18.0 Å². The number of likely N-dealkylation sites (N-methyl/N-ethyl adjacent to an activating group) is 2. The molecule has 4 heterocycles. The number of hydrogen-bond donors (Lipinski definition) is 1. The molecule has 9 nitrogen and oxygen atoms in total. The molecular formula is C36H49F2N5O4. The molecule has 2 aromatic carbocycles. The number of methoxy groups -OCH3 is 1. The summed E-state index contributed by atoms with van der Waals surface area (Å²) in [5, 5.41) is 5.25. The van der Waals surface area contributed by atoms with E-state index < -0.39 is 12.2 Å². The maximum atomic E-state index is 16.5. The highest BCUT2D eigenvalue weighted by atomic mass is 19.1. The van der Waals surface area contributed by atoms with E-state index in [1.54, 1.807) is 21.2 Å². The van der Waals surface area contributed by atoms with Crippen LogP contribution in [0.25, 0.3) is 10.8 Å². The Bertz CT molecular complexity index is 1560. The number of amidine groups is 1. The summed E-state index contributed by atoms with van der Waals surface area (Å²) in [6.45, 7) is 6.61. The molecule has 7 rings (SSSR count). The van der Waals surface area contributed by atoms with Gasteiger partial charge in [-0.3, -0.25) is 9.89 Å². The van der Waals surface area contributed by atoms with Crippen LogP contribution in [0.1, 0.15) is 55.3 Å². The molecule has 0 amide bonds. The lowest BCUT2D eigenvalue weighted by Crippen LogP contribution is -2.43. The zero-order valence-corrected chi connectivity index (χ0v) is 28.6. The largest absolute Gasteiger partial charge is 0.385 e. The van der Waals surface area contributed by atoms with Crippen molar-refractivity contribution in [2.75, 3.05) is 74.8 Å². The van der Waals surface area contributed by atoms with Gasteiger partial charge in [-0.2, -0.15) is 4.89 Å². The number of aliphatic imine (C=N–C) groups is 1. The second kappa shape index (κ2) is 14.1. The summed E-state index contributed by atoms with van der Waals surface area (Å²) in [4.78, 5) is 21.4. The quantitative estimate of drug-likeness (QED) is 0.160. The van der Waals surface area contributed by atoms with Gasteiger partial charge in [-0.15, -0.1) is 0 Å². The van der Waals surface area contributed by atoms with E-state index >= 15 is 4.39 Å². The number of halogens is 2. The summed E-state index contributed by atoms with van der Waals surface area (Å²) in [5.41, 5.74) is 4.70. The third kappa shape index (κ3) is 6.47. The van der Waals surface area contributed by atoms with Crippen LogP contribution in [0, 0.1) is 0 Å². The van der Waals surface area contributed by atoms with Crippen LogP contribution in [-0.4, -0.2) is 113 Å². The average Bonchev–Trinajstić information content (AvgIpc) is 3.71. The Balaban J connectivity index is 0.000000269. The minimum atomic E-state index is -0.625. The highest BCUT2D eigenvalue weighted by molar-refractivity contribution is 6.03. The molecule has 4 atom stereocenters. The molecule has 11 heteroatoms. The molecule has 3 unspecified atom stereocenters. The Labute approximate surface area is 277 Å². The number of rotatable bonds is 7. The Morgan fingerprint density at radius 3 is 2.77 bits per heavy atom. The lowest BCUT2D eigenvalue weighted by atomic mass is 9.92. The maximum Gasteiger partial charge on any atom is 0.166 e. The van der Waals surface area contributed by atoms with Gasteiger partial charge in [0.2, 0.25) is 0 Å². The molecule has 256 valence electrons. The van der Waals surface area contributed by atoms with E-state index in [0.717, 1.165) is 60.2 Å². The van der Waals surface area contributed by atoms with E-state index in [0.29, 0.717) is 44.2 Å². The van der Waals surface area contributed by atoms with Crippen molar-refractivity contribution in [3.05, 3.63) is 64.3 Å². The van der Waals surface area contributed by atoms with Gasteiger partial charge >= 0.3 is 0 Å². The third-order valence-electron chi connectivity index (χ3n) is 10.4. The van der Waals surface area contributed by atoms with Crippen LogP contribution in [0.15, 0.2) is 52.6 Å². The van der Waals surface area contributed by atoms with Crippen LogP contribution >= 0.6 is 0 Å². The molecule has 4 aliphatic heterocycles. The van der Waals surface area contributed by atoms with Crippen LogP contribution in [0.4, 0.5) is 8.78 Å². The molecule has 1 N–H and O–H groups in total. The Morgan fingerprint density at radius 2 is 2.02 bits per heavy atom. The lowest BCUT2D eigenvalue weighted by Gasteiger charge is -2.37. The monoisotopic (exact) mass is 653 g/mol. The van der Waals surface area contributed by atoms with Crippen molar-refractivity contribution >= 4 is 16.6 Å². The van der Waals surface area contributed by atoms with Crippen molar-refractivity contribution in [1.29, 1.82) is 0 Å². The molecule has 5 aliphatic rings. The first-order valence-electron chi connectivity index (χ1n) is 16.8. The standard InChI is InChI=1S/C27H33FN4O3.C9H16FNO/c1-16-8-10-34-11-9-32(16)27(30-3)22-15-31(4)26(24(28)25(22)29-2)21-14-19(35-33-5)12-18-7-6-17-13-20(17)23(18)21;1-12-7-9-3-2-4-11(9)6-8(10)5-9/h6-7,12,14-16,26,29H,8-11,13H2,1-5H3;8H,2-7H2,1H3/t;8?,9-/m.0/s1. The number of benzene rings is 2. The summed E-state index contributed by atoms with van der Waals surface area (Å²) in [6.07, 6.45) is 6.20. The molecular weight excluding hydrogens is 604 g/mol. The van der Waals surface area contributed by atoms with E-state index in [1.165, 1.54) is 24.7 Å². The SMILES string of the molecule is CN=C(C1=CN(C)C(c2cc(OOC)cc3ccc4c(c23)C4)C(F)=C1NC)N1CCOCCC1C.COC[C@@]12CCCN1CC(F)C2. The molecule has 0 saturated carbocycles. The van der Waals surface area contributed by atoms with Gasteiger partial charge in [0.05, 0.1) is 31.6 Å². The summed E-state index contributed by atoms with van der Waals surface area (Å²) >= 11 is 0. The fourth-order valence-electron chi connectivity index (χ4n) is 8.14. The molecule has 1 aliphatic carbocycles.